The van der Waals surface area contributed by atoms with Gasteiger partial charge in [0.05, 0.1) is 6.61 Å². The molecule has 218 valence electrons. The Bertz CT molecular complexity index is 693. The van der Waals surface area contributed by atoms with Crippen LogP contribution in [0.15, 0.2) is 0 Å². The minimum Gasteiger partial charge on any atom is -0.396 e. The normalized spacial score (nSPS) is 15.5. The van der Waals surface area contributed by atoms with E-state index in [1.165, 1.54) is 0 Å². The Labute approximate surface area is 195 Å². The summed E-state index contributed by atoms with van der Waals surface area (Å²) in [4.78, 5) is 0. The molecule has 0 unspecified atom stereocenters. The summed E-state index contributed by atoms with van der Waals surface area (Å²) in [6.07, 6.45) is -9.54. The predicted octanol–water partition coefficient (Wildman–Crippen LogP) is 6.91. The van der Waals surface area contributed by atoms with Gasteiger partial charge in [0.15, 0.2) is 0 Å². The van der Waals surface area contributed by atoms with E-state index in [0.717, 1.165) is 0 Å². The maximum atomic E-state index is 13.7. The number of thioether (sulfide) groups is 1. The molecule has 0 radical (unpaired) electrons. The number of aliphatic hydroxyl groups excluding tert-OH is 1. The van der Waals surface area contributed by atoms with Gasteiger partial charge in [0.25, 0.3) is 0 Å². The van der Waals surface area contributed by atoms with Gasteiger partial charge in [-0.2, -0.15) is 86.4 Å². The number of unbranched alkanes of at least 4 members (excludes halogenated alkanes) is 1. The molecule has 0 atom stereocenters. The molecule has 0 saturated heterocycles. The summed E-state index contributed by atoms with van der Waals surface area (Å²) in [5, 5.41) is 8.49. The van der Waals surface area contributed by atoms with Crippen LogP contribution in [-0.4, -0.2) is 84.1 Å². The number of ether oxygens (including phenoxy) is 1. The minimum atomic E-state index is -8.61. The number of alkyl halides is 17. The van der Waals surface area contributed by atoms with Gasteiger partial charge in [0, 0.05) is 25.4 Å². The molecule has 0 aromatic heterocycles. The second-order valence-electron chi connectivity index (χ2n) is 7.05. The van der Waals surface area contributed by atoms with E-state index < -0.39 is 59.8 Å². The highest BCUT2D eigenvalue weighted by Crippen LogP contribution is 2.64. The molecule has 2 nitrogen and oxygen atoms in total. The van der Waals surface area contributed by atoms with Crippen LogP contribution in [0, 0.1) is 0 Å². The molecule has 0 aliphatic carbocycles. The molecular weight excluding hydrogens is 579 g/mol. The third-order valence-corrected chi connectivity index (χ3v) is 5.36. The van der Waals surface area contributed by atoms with Crippen LogP contribution in [0.5, 0.6) is 0 Å². The van der Waals surface area contributed by atoms with Gasteiger partial charge in [-0.1, -0.05) is 0 Å². The molecule has 0 heterocycles. The largest absolute Gasteiger partial charge is 0.460 e. The number of halogens is 17. The fourth-order valence-corrected chi connectivity index (χ4v) is 3.03. The van der Waals surface area contributed by atoms with Crippen LogP contribution in [0.1, 0.15) is 19.3 Å². The van der Waals surface area contributed by atoms with E-state index in [1.54, 1.807) is 0 Å². The van der Waals surface area contributed by atoms with Crippen molar-refractivity contribution in [3.63, 3.8) is 0 Å². The monoisotopic (exact) mass is 596 g/mol. The quantitative estimate of drug-likeness (QED) is 0.155. The van der Waals surface area contributed by atoms with Gasteiger partial charge < -0.3 is 9.84 Å². The Balaban J connectivity index is 5.71. The average Bonchev–Trinajstić information content (AvgIpc) is 2.70. The lowest BCUT2D eigenvalue weighted by molar-refractivity contribution is -0.461. The van der Waals surface area contributed by atoms with Crippen molar-refractivity contribution in [2.45, 2.75) is 66.9 Å². The topological polar surface area (TPSA) is 29.5 Å². The summed E-state index contributed by atoms with van der Waals surface area (Å²) in [5.74, 6) is -57.6. The Kier molecular flexibility index (Phi) is 11.2. The van der Waals surface area contributed by atoms with Crippen LogP contribution in [0.3, 0.4) is 0 Å². The standard InChI is InChI=1S/C16H17F17O2S/c17-9(18,3-7-36-8-6-35-5-2-1-4-34)10(19,20)11(21,22)12(23,24)13(25,26)14(27,28)15(29,30)16(31,32)33/h34H,1-8H2. The van der Waals surface area contributed by atoms with Crippen LogP contribution in [0.2, 0.25) is 0 Å². The van der Waals surface area contributed by atoms with Crippen LogP contribution in [-0.2, 0) is 4.74 Å². The summed E-state index contributed by atoms with van der Waals surface area (Å²) in [6, 6.07) is 0. The minimum absolute atomic E-state index is 0.0584. The van der Waals surface area contributed by atoms with Gasteiger partial charge in [-0.25, -0.2) is 0 Å². The molecule has 0 spiro atoms. The molecule has 0 fully saturated rings. The molecular formula is C16H17F17O2S. The van der Waals surface area contributed by atoms with Gasteiger partial charge in [0.1, 0.15) is 0 Å². The van der Waals surface area contributed by atoms with Crippen LogP contribution in [0.25, 0.3) is 0 Å². The number of rotatable bonds is 16. The second-order valence-corrected chi connectivity index (χ2v) is 8.28. The Morgan fingerprint density at radius 2 is 0.917 bits per heavy atom. The van der Waals surface area contributed by atoms with E-state index in [1.807, 2.05) is 0 Å². The molecule has 0 amide bonds. The Morgan fingerprint density at radius 1 is 0.500 bits per heavy atom. The van der Waals surface area contributed by atoms with Crippen LogP contribution in [0.4, 0.5) is 74.6 Å². The zero-order valence-electron chi connectivity index (χ0n) is 17.3. The lowest BCUT2D eigenvalue weighted by Gasteiger charge is -2.42. The maximum Gasteiger partial charge on any atom is 0.460 e. The fraction of sp³-hybridized carbons (Fsp3) is 1.00. The van der Waals surface area contributed by atoms with Gasteiger partial charge in [0.2, 0.25) is 0 Å². The Morgan fingerprint density at radius 3 is 1.33 bits per heavy atom. The number of hydrogen-bond acceptors (Lipinski definition) is 3. The molecule has 0 rings (SSSR count). The predicted molar refractivity (Wildman–Crippen MR) is 89.8 cm³/mol. The first-order chi connectivity index (χ1) is 15.8. The zero-order valence-corrected chi connectivity index (χ0v) is 18.2. The number of hydrogen-bond donors (Lipinski definition) is 1. The molecule has 20 heteroatoms. The first kappa shape index (κ1) is 35.1. The highest BCUT2D eigenvalue weighted by Gasteiger charge is 2.95. The van der Waals surface area contributed by atoms with Crippen molar-refractivity contribution in [2.24, 2.45) is 0 Å². The molecule has 0 saturated carbocycles. The van der Waals surface area contributed by atoms with Gasteiger partial charge in [-0.15, -0.1) is 0 Å². The summed E-state index contributed by atoms with van der Waals surface area (Å²) < 4.78 is 228. The lowest BCUT2D eigenvalue weighted by atomic mass is 9.88. The first-order valence-electron chi connectivity index (χ1n) is 9.29. The van der Waals surface area contributed by atoms with E-state index >= 15 is 0 Å². The molecule has 0 bridgehead atoms. The molecule has 0 aromatic rings. The van der Waals surface area contributed by atoms with E-state index in [2.05, 4.69) is 0 Å². The van der Waals surface area contributed by atoms with Crippen molar-refractivity contribution >= 4 is 11.8 Å². The first-order valence-corrected chi connectivity index (χ1v) is 10.4. The Hall–Kier alpha value is -0.920. The van der Waals surface area contributed by atoms with Crippen molar-refractivity contribution < 1.29 is 84.5 Å². The van der Waals surface area contributed by atoms with E-state index in [0.29, 0.717) is 12.8 Å². The van der Waals surface area contributed by atoms with Gasteiger partial charge in [-0.05, 0) is 18.6 Å². The SMILES string of the molecule is OCCCCOCCSCCC(F)(F)C(F)(F)C(F)(F)C(F)(F)C(F)(F)C(F)(F)C(F)(F)C(F)(F)F. The number of aliphatic hydroxyl groups is 1. The highest BCUT2D eigenvalue weighted by atomic mass is 32.2. The lowest BCUT2D eigenvalue weighted by Crippen LogP contribution is -2.74. The molecule has 36 heavy (non-hydrogen) atoms. The smallest absolute Gasteiger partial charge is 0.396 e. The summed E-state index contributed by atoms with van der Waals surface area (Å²) in [6.45, 7) is -0.358. The maximum absolute atomic E-state index is 13.7. The average molecular weight is 596 g/mol. The third-order valence-electron chi connectivity index (χ3n) is 4.42. The molecule has 1 N–H and O–H groups in total. The summed E-state index contributed by atoms with van der Waals surface area (Å²) in [5.41, 5.74) is 0. The third kappa shape index (κ3) is 6.20. The summed E-state index contributed by atoms with van der Waals surface area (Å²) >= 11 is 0.282. The van der Waals surface area contributed by atoms with Crippen molar-refractivity contribution in [1.82, 2.24) is 0 Å². The van der Waals surface area contributed by atoms with Crippen molar-refractivity contribution in [3.05, 3.63) is 0 Å². The van der Waals surface area contributed by atoms with E-state index in [4.69, 9.17) is 9.84 Å². The van der Waals surface area contributed by atoms with Crippen molar-refractivity contribution in [1.29, 1.82) is 0 Å². The molecule has 0 aliphatic rings. The fourth-order valence-electron chi connectivity index (χ4n) is 2.19. The van der Waals surface area contributed by atoms with E-state index in [9.17, 15) is 74.6 Å². The highest BCUT2D eigenvalue weighted by molar-refractivity contribution is 7.99. The van der Waals surface area contributed by atoms with Crippen molar-refractivity contribution in [2.75, 3.05) is 31.3 Å². The summed E-state index contributed by atoms with van der Waals surface area (Å²) in [7, 11) is 0. The van der Waals surface area contributed by atoms with Gasteiger partial charge in [-0.3, -0.25) is 0 Å². The molecule has 0 aliphatic heterocycles. The molecule has 0 aromatic carbocycles. The second kappa shape index (κ2) is 11.4. The zero-order chi connectivity index (χ0) is 29.1. The van der Waals surface area contributed by atoms with Crippen LogP contribution < -0.4 is 0 Å². The van der Waals surface area contributed by atoms with E-state index in [-0.39, 0.29) is 37.3 Å². The van der Waals surface area contributed by atoms with Gasteiger partial charge >= 0.3 is 47.6 Å². The van der Waals surface area contributed by atoms with Crippen molar-refractivity contribution in [3.8, 4) is 0 Å². The van der Waals surface area contributed by atoms with Crippen LogP contribution >= 0.6 is 11.8 Å².